The first-order valence-corrected chi connectivity index (χ1v) is 22.4. The number of para-hydroxylation sites is 3. The van der Waals surface area contributed by atoms with Gasteiger partial charge in [-0.15, -0.1) is 0 Å². The monoisotopic (exact) mass is 829 g/mol. The molecule has 0 saturated heterocycles. The summed E-state index contributed by atoms with van der Waals surface area (Å²) in [6.45, 7) is 0. The van der Waals surface area contributed by atoms with Gasteiger partial charge in [-0.2, -0.15) is 0 Å². The van der Waals surface area contributed by atoms with E-state index in [1.54, 1.807) is 0 Å². The van der Waals surface area contributed by atoms with Crippen molar-refractivity contribution in [1.29, 1.82) is 0 Å². The second kappa shape index (κ2) is 13.6. The SMILES string of the molecule is c1ccc(-c2ccccc2N(c2ccc3c(c2)C2(c4ccccc4O3)c3ccccc3-c3ccccc32)c2ccc3c(c2)C2(c4ccccc4O3)c3ccccc3-c3ccccc32)cc1. The fourth-order valence-electron chi connectivity index (χ4n) is 11.9. The van der Waals surface area contributed by atoms with Crippen molar-refractivity contribution >= 4 is 17.1 Å². The van der Waals surface area contributed by atoms with Gasteiger partial charge in [0.2, 0.25) is 0 Å². The molecule has 14 rings (SSSR count). The van der Waals surface area contributed by atoms with Crippen molar-refractivity contribution in [3.63, 3.8) is 0 Å². The second-order valence-electron chi connectivity index (χ2n) is 17.5. The van der Waals surface area contributed by atoms with E-state index in [0.717, 1.165) is 73.4 Å². The van der Waals surface area contributed by atoms with E-state index in [0.29, 0.717) is 0 Å². The summed E-state index contributed by atoms with van der Waals surface area (Å²) in [5, 5.41) is 0. The molecule has 0 amide bonds. The number of hydrogen-bond acceptors (Lipinski definition) is 3. The lowest BCUT2D eigenvalue weighted by atomic mass is 9.66. The maximum absolute atomic E-state index is 6.94. The van der Waals surface area contributed by atoms with Crippen LogP contribution in [0.1, 0.15) is 44.5 Å². The zero-order valence-corrected chi connectivity index (χ0v) is 35.3. The van der Waals surface area contributed by atoms with Gasteiger partial charge in [-0.1, -0.05) is 182 Å². The summed E-state index contributed by atoms with van der Waals surface area (Å²) < 4.78 is 13.9. The van der Waals surface area contributed by atoms with Crippen LogP contribution in [0.3, 0.4) is 0 Å². The predicted molar refractivity (Wildman–Crippen MR) is 261 cm³/mol. The Kier molecular flexibility index (Phi) is 7.53. The molecule has 304 valence electrons. The maximum Gasteiger partial charge on any atom is 0.132 e. The molecule has 65 heavy (non-hydrogen) atoms. The molecule has 10 aromatic carbocycles. The minimum atomic E-state index is -0.618. The fourth-order valence-corrected chi connectivity index (χ4v) is 11.9. The van der Waals surface area contributed by atoms with E-state index in [1.165, 1.54) is 44.5 Å². The third-order valence-electron chi connectivity index (χ3n) is 14.4. The number of hydrogen-bond donors (Lipinski definition) is 0. The molecule has 0 saturated carbocycles. The van der Waals surface area contributed by atoms with Gasteiger partial charge in [-0.05, 0) is 105 Å². The molecule has 0 bridgehead atoms. The summed E-state index contributed by atoms with van der Waals surface area (Å²) in [7, 11) is 0. The van der Waals surface area contributed by atoms with Crippen LogP contribution < -0.4 is 14.4 Å². The van der Waals surface area contributed by atoms with Crippen LogP contribution in [0.5, 0.6) is 23.0 Å². The van der Waals surface area contributed by atoms with Crippen molar-refractivity contribution in [2.24, 2.45) is 0 Å². The third kappa shape index (κ3) is 4.79. The highest BCUT2D eigenvalue weighted by molar-refractivity contribution is 5.94. The van der Waals surface area contributed by atoms with Gasteiger partial charge >= 0.3 is 0 Å². The summed E-state index contributed by atoms with van der Waals surface area (Å²) >= 11 is 0. The quantitative estimate of drug-likeness (QED) is 0.176. The van der Waals surface area contributed by atoms with Gasteiger partial charge in [-0.25, -0.2) is 0 Å². The molecule has 10 aromatic rings. The van der Waals surface area contributed by atoms with Crippen LogP contribution in [0.2, 0.25) is 0 Å². The van der Waals surface area contributed by atoms with Gasteiger partial charge in [0, 0.05) is 39.2 Å². The minimum Gasteiger partial charge on any atom is -0.457 e. The first-order chi connectivity index (χ1) is 32.2. The van der Waals surface area contributed by atoms with Crippen molar-refractivity contribution < 1.29 is 9.47 Å². The highest BCUT2D eigenvalue weighted by Crippen LogP contribution is 2.65. The summed E-state index contributed by atoms with van der Waals surface area (Å²) in [5.41, 5.74) is 18.7. The van der Waals surface area contributed by atoms with Crippen LogP contribution in [-0.2, 0) is 10.8 Å². The third-order valence-corrected chi connectivity index (χ3v) is 14.4. The lowest BCUT2D eigenvalue weighted by Crippen LogP contribution is -2.33. The Balaban J connectivity index is 1.06. The Labute approximate surface area is 378 Å². The molecule has 2 spiro atoms. The van der Waals surface area contributed by atoms with Crippen molar-refractivity contribution in [1.82, 2.24) is 0 Å². The van der Waals surface area contributed by atoms with Crippen LogP contribution in [0.4, 0.5) is 17.1 Å². The summed E-state index contributed by atoms with van der Waals surface area (Å²) in [4.78, 5) is 2.45. The fraction of sp³-hybridized carbons (Fsp3) is 0.0323. The largest absolute Gasteiger partial charge is 0.457 e. The molecule has 0 radical (unpaired) electrons. The molecule has 3 heteroatoms. The zero-order valence-electron chi connectivity index (χ0n) is 35.3. The van der Waals surface area contributed by atoms with Crippen LogP contribution in [-0.4, -0.2) is 0 Å². The van der Waals surface area contributed by atoms with E-state index in [1.807, 2.05) is 0 Å². The Hall–Kier alpha value is -8.40. The maximum atomic E-state index is 6.94. The molecular weight excluding hydrogens is 791 g/mol. The first kappa shape index (κ1) is 36.1. The summed E-state index contributed by atoms with van der Waals surface area (Å²) in [6.07, 6.45) is 0. The van der Waals surface area contributed by atoms with Crippen molar-refractivity contribution in [3.8, 4) is 56.4 Å². The Morgan fingerprint density at radius 2 is 0.600 bits per heavy atom. The molecule has 2 aliphatic heterocycles. The van der Waals surface area contributed by atoms with E-state index < -0.39 is 10.8 Å². The van der Waals surface area contributed by atoms with Crippen molar-refractivity contribution in [2.45, 2.75) is 10.8 Å². The number of ether oxygens (including phenoxy) is 2. The lowest BCUT2D eigenvalue weighted by Gasteiger charge is -2.41. The number of fused-ring (bicyclic) bond motifs is 18. The van der Waals surface area contributed by atoms with Gasteiger partial charge in [0.15, 0.2) is 0 Å². The van der Waals surface area contributed by atoms with E-state index in [4.69, 9.17) is 9.47 Å². The van der Waals surface area contributed by atoms with Crippen LogP contribution >= 0.6 is 0 Å². The number of nitrogens with zero attached hydrogens (tertiary/aromatic N) is 1. The van der Waals surface area contributed by atoms with E-state index >= 15 is 0 Å². The Bertz CT molecular complexity index is 3300. The number of anilines is 3. The Morgan fingerprint density at radius 1 is 0.262 bits per heavy atom. The molecule has 2 heterocycles. The Morgan fingerprint density at radius 3 is 1.05 bits per heavy atom. The zero-order chi connectivity index (χ0) is 42.7. The molecule has 3 nitrogen and oxygen atoms in total. The van der Waals surface area contributed by atoms with Gasteiger partial charge in [0.25, 0.3) is 0 Å². The molecule has 4 aliphatic rings. The standard InChI is InChI=1S/C62H39NO2/c1-2-18-40(19-3-1)43-20-8-15-31-56(43)63(41-34-36-59-54(38-41)61(52-29-13-16-32-57(52)64-59)48-25-9-4-21-44(48)45-22-5-10-26-49(45)61)42-35-37-60-55(39-42)62(53-30-14-17-33-58(53)65-60)50-27-11-6-23-46(50)47-24-7-12-28-51(47)62/h1-39H. The molecule has 0 aromatic heterocycles. The minimum absolute atomic E-state index is 0.618. The topological polar surface area (TPSA) is 21.7 Å². The van der Waals surface area contributed by atoms with E-state index in [9.17, 15) is 0 Å². The average Bonchev–Trinajstić information content (AvgIpc) is 3.83. The van der Waals surface area contributed by atoms with Gasteiger partial charge in [0.1, 0.15) is 23.0 Å². The predicted octanol–water partition coefficient (Wildman–Crippen LogP) is 15.8. The molecule has 2 aliphatic carbocycles. The smallest absolute Gasteiger partial charge is 0.132 e. The molecule has 0 atom stereocenters. The van der Waals surface area contributed by atoms with Crippen molar-refractivity contribution in [2.75, 3.05) is 4.90 Å². The van der Waals surface area contributed by atoms with Gasteiger partial charge in [0.05, 0.1) is 16.5 Å². The average molecular weight is 830 g/mol. The molecule has 0 unspecified atom stereocenters. The highest BCUT2D eigenvalue weighted by atomic mass is 16.5. The summed E-state index contributed by atoms with van der Waals surface area (Å²) in [6, 6.07) is 86.0. The van der Waals surface area contributed by atoms with Crippen LogP contribution in [0, 0.1) is 0 Å². The first-order valence-electron chi connectivity index (χ1n) is 22.4. The molecule has 0 fully saturated rings. The normalized spacial score (nSPS) is 14.3. The van der Waals surface area contributed by atoms with Gasteiger partial charge < -0.3 is 14.4 Å². The summed E-state index contributed by atoms with van der Waals surface area (Å²) in [5.74, 6) is 3.46. The highest BCUT2D eigenvalue weighted by Gasteiger charge is 2.53. The van der Waals surface area contributed by atoms with E-state index in [-0.39, 0.29) is 0 Å². The number of rotatable bonds is 4. The number of benzene rings is 10. The van der Waals surface area contributed by atoms with Gasteiger partial charge in [-0.3, -0.25) is 0 Å². The molecule has 0 N–H and O–H groups in total. The van der Waals surface area contributed by atoms with Crippen LogP contribution in [0.25, 0.3) is 33.4 Å². The van der Waals surface area contributed by atoms with Crippen LogP contribution in [0.15, 0.2) is 237 Å². The molecular formula is C62H39NO2. The van der Waals surface area contributed by atoms with Crippen molar-refractivity contribution in [3.05, 3.63) is 281 Å². The second-order valence-corrected chi connectivity index (χ2v) is 17.5. The lowest BCUT2D eigenvalue weighted by molar-refractivity contribution is 0.436. The van der Waals surface area contributed by atoms with E-state index in [2.05, 4.69) is 241 Å².